The molecular weight excluding hydrogens is 314 g/mol. The van der Waals surface area contributed by atoms with Gasteiger partial charge in [0.1, 0.15) is 5.54 Å². The number of ether oxygens (including phenoxy) is 1. The van der Waals surface area contributed by atoms with Gasteiger partial charge in [-0.1, -0.05) is 48.9 Å². The molecule has 2 unspecified atom stereocenters. The van der Waals surface area contributed by atoms with Crippen LogP contribution in [-0.4, -0.2) is 40.8 Å². The maximum absolute atomic E-state index is 12.1. The van der Waals surface area contributed by atoms with Gasteiger partial charge in [-0.2, -0.15) is 0 Å². The average Bonchev–Trinajstić information content (AvgIpc) is 2.79. The van der Waals surface area contributed by atoms with E-state index in [0.29, 0.717) is 10.1 Å². The molecule has 0 spiro atoms. The summed E-state index contributed by atoms with van der Waals surface area (Å²) in [6.07, 6.45) is 2.54. The largest absolute Gasteiger partial charge is 0.466 e. The first-order chi connectivity index (χ1) is 8.68. The molecule has 2 atom stereocenters. The van der Waals surface area contributed by atoms with Crippen molar-refractivity contribution in [3.8, 4) is 0 Å². The van der Waals surface area contributed by atoms with E-state index in [4.69, 9.17) is 4.74 Å². The SMILES string of the molecule is COC(=O)C1=C(Br)C2C=CC1(C(C)(C)C)N2C(=O)O. The summed E-state index contributed by atoms with van der Waals surface area (Å²) in [6, 6.07) is -0.453. The number of fused-ring (bicyclic) bond motifs is 2. The highest BCUT2D eigenvalue weighted by Crippen LogP contribution is 2.56. The summed E-state index contributed by atoms with van der Waals surface area (Å²) in [6.45, 7) is 5.72. The van der Waals surface area contributed by atoms with Crippen LogP contribution in [-0.2, 0) is 9.53 Å². The molecule has 0 aliphatic carbocycles. The first kappa shape index (κ1) is 14.1. The Bertz CT molecular complexity index is 517. The van der Waals surface area contributed by atoms with Crippen LogP contribution in [0.15, 0.2) is 22.2 Å². The van der Waals surface area contributed by atoms with Crippen molar-refractivity contribution in [1.29, 1.82) is 0 Å². The van der Waals surface area contributed by atoms with Crippen LogP contribution in [0.4, 0.5) is 4.79 Å². The lowest BCUT2D eigenvalue weighted by Gasteiger charge is -2.44. The van der Waals surface area contributed by atoms with Crippen LogP contribution in [0.2, 0.25) is 0 Å². The Kier molecular flexibility index (Phi) is 3.04. The lowest BCUT2D eigenvalue weighted by Crippen LogP contribution is -2.56. The normalized spacial score (nSPS) is 29.1. The smallest absolute Gasteiger partial charge is 0.409 e. The minimum Gasteiger partial charge on any atom is -0.466 e. The summed E-state index contributed by atoms with van der Waals surface area (Å²) in [5.41, 5.74) is -1.09. The van der Waals surface area contributed by atoms with E-state index in [9.17, 15) is 14.7 Å². The molecule has 1 amide bonds. The molecule has 0 radical (unpaired) electrons. The molecule has 0 aromatic rings. The minimum absolute atomic E-state index is 0.373. The van der Waals surface area contributed by atoms with Gasteiger partial charge in [0.05, 0.1) is 18.7 Å². The zero-order valence-corrected chi connectivity index (χ0v) is 12.8. The van der Waals surface area contributed by atoms with Crippen LogP contribution in [0.25, 0.3) is 0 Å². The van der Waals surface area contributed by atoms with Crippen molar-refractivity contribution in [1.82, 2.24) is 4.90 Å². The lowest BCUT2D eigenvalue weighted by molar-refractivity contribution is -0.137. The van der Waals surface area contributed by atoms with Crippen molar-refractivity contribution in [2.24, 2.45) is 5.41 Å². The molecule has 1 N–H and O–H groups in total. The Morgan fingerprint density at radius 1 is 1.47 bits per heavy atom. The molecule has 104 valence electrons. The first-order valence-corrected chi connectivity index (χ1v) is 6.68. The summed E-state index contributed by atoms with van der Waals surface area (Å²) in [7, 11) is 1.30. The van der Waals surface area contributed by atoms with E-state index in [1.807, 2.05) is 20.8 Å². The number of hydrogen-bond donors (Lipinski definition) is 1. The van der Waals surface area contributed by atoms with Gasteiger partial charge in [-0.25, -0.2) is 9.59 Å². The Morgan fingerprint density at radius 3 is 2.47 bits per heavy atom. The van der Waals surface area contributed by atoms with E-state index in [1.54, 1.807) is 12.2 Å². The zero-order valence-electron chi connectivity index (χ0n) is 11.2. The van der Waals surface area contributed by atoms with E-state index >= 15 is 0 Å². The van der Waals surface area contributed by atoms with E-state index in [0.717, 1.165) is 0 Å². The third-order valence-electron chi connectivity index (χ3n) is 3.80. The number of halogens is 1. The molecule has 2 heterocycles. The van der Waals surface area contributed by atoms with Crippen LogP contribution < -0.4 is 0 Å². The van der Waals surface area contributed by atoms with Gasteiger partial charge in [0.25, 0.3) is 0 Å². The number of carbonyl (C=O) groups excluding carboxylic acids is 1. The van der Waals surface area contributed by atoms with Crippen LogP contribution >= 0.6 is 15.9 Å². The lowest BCUT2D eigenvalue weighted by atomic mass is 9.69. The average molecular weight is 330 g/mol. The zero-order chi connectivity index (χ0) is 14.6. The molecule has 19 heavy (non-hydrogen) atoms. The second-order valence-corrected chi connectivity index (χ2v) is 6.54. The monoisotopic (exact) mass is 329 g/mol. The highest BCUT2D eigenvalue weighted by atomic mass is 79.9. The Balaban J connectivity index is 2.69. The van der Waals surface area contributed by atoms with E-state index in [2.05, 4.69) is 15.9 Å². The van der Waals surface area contributed by atoms with E-state index in [1.165, 1.54) is 12.0 Å². The van der Waals surface area contributed by atoms with E-state index in [-0.39, 0.29) is 0 Å². The first-order valence-electron chi connectivity index (χ1n) is 5.88. The van der Waals surface area contributed by atoms with Crippen LogP contribution in [0.1, 0.15) is 20.8 Å². The Labute approximate surface area is 120 Å². The molecule has 2 aliphatic heterocycles. The van der Waals surface area contributed by atoms with Crippen molar-refractivity contribution >= 4 is 28.0 Å². The van der Waals surface area contributed by atoms with Gasteiger partial charge in [0.2, 0.25) is 0 Å². The van der Waals surface area contributed by atoms with Gasteiger partial charge >= 0.3 is 12.1 Å². The standard InChI is InChI=1S/C13H16BrNO4/c1-12(2,3)13-6-5-7(15(13)11(17)18)9(14)8(13)10(16)19-4/h5-7H,1-4H3,(H,17,18). The molecule has 2 rings (SSSR count). The van der Waals surface area contributed by atoms with Gasteiger partial charge in [-0.05, 0) is 5.41 Å². The van der Waals surface area contributed by atoms with E-state index < -0.39 is 29.1 Å². The van der Waals surface area contributed by atoms with Gasteiger partial charge in [0.15, 0.2) is 0 Å². The molecule has 0 aromatic carbocycles. The number of esters is 1. The third kappa shape index (κ3) is 1.59. The second kappa shape index (κ2) is 4.10. The fourth-order valence-corrected chi connectivity index (χ4v) is 3.78. The predicted molar refractivity (Wildman–Crippen MR) is 72.9 cm³/mol. The molecule has 0 saturated heterocycles. The quantitative estimate of drug-likeness (QED) is 0.593. The summed E-state index contributed by atoms with van der Waals surface area (Å²) >= 11 is 3.36. The number of hydrogen-bond acceptors (Lipinski definition) is 3. The van der Waals surface area contributed by atoms with Crippen molar-refractivity contribution in [3.63, 3.8) is 0 Å². The summed E-state index contributed by atoms with van der Waals surface area (Å²) in [5, 5.41) is 9.50. The molecular formula is C13H16BrNO4. The van der Waals surface area contributed by atoms with Crippen LogP contribution in [0.3, 0.4) is 0 Å². The van der Waals surface area contributed by atoms with Gasteiger partial charge in [0, 0.05) is 4.48 Å². The second-order valence-electron chi connectivity index (χ2n) is 5.69. The predicted octanol–water partition coefficient (Wildman–Crippen LogP) is 2.53. The van der Waals surface area contributed by atoms with Crippen molar-refractivity contribution < 1.29 is 19.4 Å². The molecule has 2 aliphatic rings. The minimum atomic E-state index is -1.05. The number of rotatable bonds is 1. The maximum atomic E-state index is 12.1. The molecule has 5 nitrogen and oxygen atoms in total. The summed E-state index contributed by atoms with van der Waals surface area (Å²) < 4.78 is 5.39. The molecule has 0 saturated carbocycles. The third-order valence-corrected chi connectivity index (χ3v) is 4.66. The molecule has 6 heteroatoms. The highest BCUT2D eigenvalue weighted by Gasteiger charge is 2.63. The van der Waals surface area contributed by atoms with Crippen molar-refractivity contribution in [2.45, 2.75) is 32.4 Å². The number of carboxylic acid groups (broad SMARTS) is 1. The number of carbonyl (C=O) groups is 2. The van der Waals surface area contributed by atoms with Crippen molar-refractivity contribution in [2.75, 3.05) is 7.11 Å². The fourth-order valence-electron chi connectivity index (χ4n) is 2.96. The summed E-state index contributed by atoms with van der Waals surface area (Å²) in [4.78, 5) is 25.0. The Hall–Kier alpha value is -1.30. The van der Waals surface area contributed by atoms with Gasteiger partial charge in [-0.3, -0.25) is 4.90 Å². The molecule has 2 bridgehead atoms. The highest BCUT2D eigenvalue weighted by molar-refractivity contribution is 9.11. The Morgan fingerprint density at radius 2 is 2.05 bits per heavy atom. The number of nitrogens with zero attached hydrogens (tertiary/aromatic N) is 1. The van der Waals surface area contributed by atoms with Gasteiger partial charge in [-0.15, -0.1) is 0 Å². The maximum Gasteiger partial charge on any atom is 0.409 e. The van der Waals surface area contributed by atoms with Crippen LogP contribution in [0.5, 0.6) is 0 Å². The fraction of sp³-hybridized carbons (Fsp3) is 0.538. The molecule has 0 aromatic heterocycles. The molecule has 0 fully saturated rings. The summed E-state index contributed by atoms with van der Waals surface area (Å²) in [5.74, 6) is -0.500. The number of amides is 1. The van der Waals surface area contributed by atoms with Crippen molar-refractivity contribution in [3.05, 3.63) is 22.2 Å². The van der Waals surface area contributed by atoms with Crippen LogP contribution in [0, 0.1) is 5.41 Å². The topological polar surface area (TPSA) is 66.8 Å². The van der Waals surface area contributed by atoms with Gasteiger partial charge < -0.3 is 9.84 Å². The number of methoxy groups -OCH3 is 1.